The number of hydrogen-bond donors (Lipinski definition) is 1. The van der Waals surface area contributed by atoms with Crippen molar-refractivity contribution in [3.8, 4) is 0 Å². The highest BCUT2D eigenvalue weighted by atomic mass is 28.4. The van der Waals surface area contributed by atoms with Crippen LogP contribution in [0.15, 0.2) is 63.9 Å². The van der Waals surface area contributed by atoms with Gasteiger partial charge in [0.1, 0.15) is 23.7 Å². The predicted molar refractivity (Wildman–Crippen MR) is 359 cm³/mol. The molecule has 1 unspecified atom stereocenters. The summed E-state index contributed by atoms with van der Waals surface area (Å²) < 4.78 is 86.0. The lowest BCUT2D eigenvalue weighted by Crippen LogP contribution is -2.60. The molecule has 0 aromatic rings. The molecule has 0 aromatic heterocycles. The molecule has 4 saturated heterocycles. The second-order valence-electron chi connectivity index (χ2n) is 31.9. The number of ether oxygens (including phenoxy) is 10. The third kappa shape index (κ3) is 18.5. The van der Waals surface area contributed by atoms with Crippen molar-refractivity contribution >= 4 is 44.6 Å². The molecule has 5 heterocycles. The van der Waals surface area contributed by atoms with Crippen molar-refractivity contribution in [2.75, 3.05) is 27.4 Å². The molecule has 0 aromatic carbocycles. The maximum atomic E-state index is 14.3. The third-order valence-electron chi connectivity index (χ3n) is 20.1. The molecule has 1 spiro atoms. The number of rotatable bonds is 23. The quantitative estimate of drug-likeness (QED) is 0.0585. The fraction of sp³-hybridized carbons (Fsp3) is 0.824. The Hall–Kier alpha value is -1.77. The zero-order valence-corrected chi connectivity index (χ0v) is 62.9. The van der Waals surface area contributed by atoms with Gasteiger partial charge in [0.05, 0.1) is 68.1 Å². The van der Waals surface area contributed by atoms with Crippen LogP contribution in [0.5, 0.6) is 0 Å². The summed E-state index contributed by atoms with van der Waals surface area (Å²) in [6, 6.07) is 0.820. The molecule has 0 bridgehead atoms. The van der Waals surface area contributed by atoms with E-state index in [9.17, 15) is 9.90 Å². The molecule has 0 saturated carbocycles. The Morgan fingerprint density at radius 3 is 2.06 bits per heavy atom. The summed E-state index contributed by atoms with van der Waals surface area (Å²) in [5.41, 5.74) is 1.89. The number of nitrogens with zero attached hydrogens (tertiary/aromatic N) is 1. The first kappa shape index (κ1) is 74.3. The van der Waals surface area contributed by atoms with Crippen LogP contribution in [0, 0.1) is 23.7 Å². The van der Waals surface area contributed by atoms with Crippen molar-refractivity contribution in [2.45, 2.75) is 308 Å². The maximum absolute atomic E-state index is 14.3. The van der Waals surface area contributed by atoms with Gasteiger partial charge in [-0.25, -0.2) is 0 Å². The molecular formula is C68H121NO14Si4. The van der Waals surface area contributed by atoms with Crippen LogP contribution < -0.4 is 0 Å². The molecule has 1 N–H and O–H groups in total. The summed E-state index contributed by atoms with van der Waals surface area (Å²) >= 11 is 0. The fourth-order valence-corrected chi connectivity index (χ4v) is 17.0. The Morgan fingerprint density at radius 1 is 0.862 bits per heavy atom. The number of fused-ring (bicyclic) bond motifs is 1. The van der Waals surface area contributed by atoms with E-state index in [2.05, 4.69) is 166 Å². The van der Waals surface area contributed by atoms with E-state index in [4.69, 9.17) is 60.9 Å². The van der Waals surface area contributed by atoms with Crippen molar-refractivity contribution in [1.29, 1.82) is 0 Å². The van der Waals surface area contributed by atoms with Gasteiger partial charge in [-0.05, 0) is 125 Å². The van der Waals surface area contributed by atoms with Crippen LogP contribution in [0.4, 0.5) is 0 Å². The molecule has 1 aliphatic carbocycles. The molecule has 15 nitrogen and oxygen atoms in total. The molecule has 4 fully saturated rings. The number of carbonyl (C=O) groups excluding carboxylic acids is 1. The van der Waals surface area contributed by atoms with E-state index in [-0.39, 0.29) is 65.1 Å². The average Bonchev–Trinajstić information content (AvgIpc) is 1.68. The molecule has 498 valence electrons. The van der Waals surface area contributed by atoms with Crippen molar-refractivity contribution < 1.29 is 66.1 Å². The SMILES string of the molecule is CCC(C)[C@H]1O[C@]2(C=C[C@@H]1C)C/C(=N/[Si](C)(C)C)C[C@@H](C/C=C(\C)[C@@H](O[C@H]1C[C@H](OC)[C@@H](O[C@H]3C[C@H](OC)[C@@H](O[Si](C)(C)C(C)(C)C)[C@H](C)O3)[C@H](C)O1)[C@@H](C)/C=C/C=C1\CO[C@@H]3[C@H](O[Si](C)(C)C(C)(C)C)C(C)=C[C@@H](C(=O)OCC[Si](C)(C)C)[C@]13O)O2. The van der Waals surface area contributed by atoms with Gasteiger partial charge in [0.2, 0.25) is 0 Å². The molecule has 6 aliphatic rings. The second kappa shape index (κ2) is 29.3. The lowest BCUT2D eigenvalue weighted by atomic mass is 9.71. The number of carbonyl (C=O) groups is 1. The summed E-state index contributed by atoms with van der Waals surface area (Å²) in [6.45, 7) is 53.3. The Balaban J connectivity index is 1.31. The van der Waals surface area contributed by atoms with Crippen molar-refractivity contribution in [2.24, 2.45) is 28.3 Å². The van der Waals surface area contributed by atoms with Gasteiger partial charge in [0.15, 0.2) is 43.2 Å². The third-order valence-corrected chi connectivity index (χ3v) is 31.7. The zero-order chi connectivity index (χ0) is 65.2. The Kier molecular flexibility index (Phi) is 25.0. The molecule has 0 amide bonds. The van der Waals surface area contributed by atoms with E-state index in [1.165, 1.54) is 0 Å². The molecule has 6 rings (SSSR count). The standard InChI is InChI=1S/C68H121NO14Si4/c1-27-43(2)59-46(5)33-34-67(81-59)41-51(69-85(20,21)22)38-52(80-67)32-31-45(4)58(78-56-39-54(72-15)61(48(7)76-56)79-57-40-55(73-16)62(49(8)77-57)83-87(25,26)66(12,13)14)44(3)29-28-30-50-42-75-63-60(82-86(23,24)65(9,10)11)47(6)37-53(68(50,63)71)64(70)74-35-36-84(17,18)19/h28-31,33-34,37,43-44,46,48-49,52-63,71H,27,32,35-36,38-42H2,1-26H3/b29-28+,45-31+,50-30+,69-51+/t43?,44-,46-,48-,49-,52+,53-,54-,55-,56-,57-,58-,59+,60+,61-,62-,63+,67+,68+/m0/s1. The highest BCUT2D eigenvalue weighted by molar-refractivity contribution is 6.76. The Bertz CT molecular complexity index is 2490. The van der Waals surface area contributed by atoms with Crippen molar-refractivity contribution in [1.82, 2.24) is 0 Å². The van der Waals surface area contributed by atoms with Gasteiger partial charge in [-0.3, -0.25) is 4.79 Å². The number of esters is 1. The Morgan fingerprint density at radius 2 is 1.46 bits per heavy atom. The normalized spacial score (nSPS) is 36.3. The van der Waals surface area contributed by atoms with Crippen LogP contribution in [0.25, 0.3) is 0 Å². The van der Waals surface area contributed by atoms with Gasteiger partial charge in [-0.15, -0.1) is 0 Å². The lowest BCUT2D eigenvalue weighted by molar-refractivity contribution is -0.317. The van der Waals surface area contributed by atoms with Crippen LogP contribution in [0.2, 0.25) is 81.6 Å². The summed E-state index contributed by atoms with van der Waals surface area (Å²) in [5.74, 6) is -1.93. The molecule has 87 heavy (non-hydrogen) atoms. The minimum atomic E-state index is -2.38. The van der Waals surface area contributed by atoms with Crippen LogP contribution in [-0.2, 0) is 61.0 Å². The smallest absolute Gasteiger partial charge is 0.316 e. The summed E-state index contributed by atoms with van der Waals surface area (Å²) in [5, 5.41) is 13.2. The highest BCUT2D eigenvalue weighted by Crippen LogP contribution is 2.49. The number of aliphatic hydroxyl groups is 1. The lowest BCUT2D eigenvalue weighted by Gasteiger charge is -2.47. The topological polar surface area (TPSA) is 160 Å². The Labute approximate surface area is 531 Å². The van der Waals surface area contributed by atoms with Gasteiger partial charge in [0.25, 0.3) is 0 Å². The van der Waals surface area contributed by atoms with E-state index in [1.807, 2.05) is 39.0 Å². The second-order valence-corrected chi connectivity index (χ2v) is 51.6. The van der Waals surface area contributed by atoms with Gasteiger partial charge in [-0.1, -0.05) is 132 Å². The van der Waals surface area contributed by atoms with Gasteiger partial charge in [0, 0.05) is 65.5 Å². The van der Waals surface area contributed by atoms with E-state index < -0.39 is 99.3 Å². The van der Waals surface area contributed by atoms with Gasteiger partial charge in [-0.2, -0.15) is 0 Å². The largest absolute Gasteiger partial charge is 0.465 e. The van der Waals surface area contributed by atoms with Crippen LogP contribution in [0.3, 0.4) is 0 Å². The number of methoxy groups -OCH3 is 2. The molecule has 0 radical (unpaired) electrons. The van der Waals surface area contributed by atoms with Crippen molar-refractivity contribution in [3.05, 3.63) is 59.3 Å². The predicted octanol–water partition coefficient (Wildman–Crippen LogP) is 14.7. The van der Waals surface area contributed by atoms with E-state index >= 15 is 0 Å². The number of allylic oxidation sites excluding steroid dienone is 2. The molecular weight excluding hydrogens is 1170 g/mol. The number of hydrogen-bond acceptors (Lipinski definition) is 15. The summed E-state index contributed by atoms with van der Waals surface area (Å²) in [6.07, 6.45) is 13.1. The fourth-order valence-electron chi connectivity index (χ4n) is 12.5. The molecule has 19 atom stereocenters. The summed E-state index contributed by atoms with van der Waals surface area (Å²) in [4.78, 5) is 14.3. The first-order valence-electron chi connectivity index (χ1n) is 33.0. The monoisotopic (exact) mass is 1290 g/mol. The first-order chi connectivity index (χ1) is 40.1. The average molecular weight is 1290 g/mol. The zero-order valence-electron chi connectivity index (χ0n) is 58.9. The minimum absolute atomic E-state index is 0.0266. The maximum Gasteiger partial charge on any atom is 0.316 e. The summed E-state index contributed by atoms with van der Waals surface area (Å²) in [7, 11) is -4.44. The van der Waals surface area contributed by atoms with E-state index in [0.717, 1.165) is 29.3 Å². The molecule has 19 heteroatoms. The minimum Gasteiger partial charge on any atom is -0.465 e. The van der Waals surface area contributed by atoms with Crippen LogP contribution >= 0.6 is 0 Å². The van der Waals surface area contributed by atoms with Crippen LogP contribution in [-0.4, -0.2) is 168 Å². The molecule has 5 aliphatic heterocycles. The van der Waals surface area contributed by atoms with E-state index in [0.29, 0.717) is 50.2 Å². The van der Waals surface area contributed by atoms with Gasteiger partial charge >= 0.3 is 5.97 Å². The van der Waals surface area contributed by atoms with Gasteiger partial charge < -0.3 is 66.0 Å². The van der Waals surface area contributed by atoms with E-state index in [1.54, 1.807) is 14.2 Å². The first-order valence-corrected chi connectivity index (χ1v) is 45.9. The highest BCUT2D eigenvalue weighted by Gasteiger charge is 2.61. The van der Waals surface area contributed by atoms with Crippen LogP contribution in [0.1, 0.15) is 135 Å². The van der Waals surface area contributed by atoms with Crippen molar-refractivity contribution in [3.63, 3.8) is 0 Å².